The fourth-order valence-corrected chi connectivity index (χ4v) is 4.23. The van der Waals surface area contributed by atoms with Crippen molar-refractivity contribution < 1.29 is 12.8 Å². The summed E-state index contributed by atoms with van der Waals surface area (Å²) >= 11 is 6.09. The summed E-state index contributed by atoms with van der Waals surface area (Å²) in [6.45, 7) is 3.49. The highest BCUT2D eigenvalue weighted by Crippen LogP contribution is 2.29. The van der Waals surface area contributed by atoms with Crippen LogP contribution in [0, 0.1) is 19.7 Å². The van der Waals surface area contributed by atoms with E-state index in [0.29, 0.717) is 9.39 Å². The van der Waals surface area contributed by atoms with Crippen LogP contribution in [0.3, 0.4) is 0 Å². The maximum absolute atomic E-state index is 13.3. The van der Waals surface area contributed by atoms with E-state index in [9.17, 15) is 12.8 Å². The van der Waals surface area contributed by atoms with E-state index in [0.717, 1.165) is 16.7 Å². The number of hydrogen-bond donors (Lipinski definition) is 0. The number of nitrogens with zero attached hydrogens (tertiary/aromatic N) is 2. The number of pyridine rings is 1. The molecule has 0 bridgehead atoms. The van der Waals surface area contributed by atoms with Gasteiger partial charge in [0.1, 0.15) is 5.82 Å². The van der Waals surface area contributed by atoms with Crippen LogP contribution in [0.15, 0.2) is 65.7 Å². The second kappa shape index (κ2) is 7.05. The summed E-state index contributed by atoms with van der Waals surface area (Å²) in [6.07, 6.45) is 1.51. The zero-order chi connectivity index (χ0) is 18.9. The molecule has 7 heteroatoms. The Morgan fingerprint density at radius 3 is 2.35 bits per heavy atom. The monoisotopic (exact) mass is 390 g/mol. The first-order valence-electron chi connectivity index (χ1n) is 7.80. The number of aromatic nitrogens is 1. The zero-order valence-corrected chi connectivity index (χ0v) is 15.7. The largest absolute Gasteiger partial charge is 0.279 e. The summed E-state index contributed by atoms with van der Waals surface area (Å²) in [5, 5.41) is 0. The van der Waals surface area contributed by atoms with Gasteiger partial charge in [0, 0.05) is 23.5 Å². The van der Waals surface area contributed by atoms with E-state index in [-0.39, 0.29) is 16.5 Å². The Morgan fingerprint density at radius 2 is 1.73 bits per heavy atom. The molecule has 0 saturated carbocycles. The minimum absolute atomic E-state index is 0.0819. The summed E-state index contributed by atoms with van der Waals surface area (Å²) in [6, 6.07) is 14.3. The van der Waals surface area contributed by atoms with Gasteiger partial charge in [-0.2, -0.15) is 12.2 Å². The average molecular weight is 391 g/mol. The van der Waals surface area contributed by atoms with Crippen LogP contribution in [0.2, 0.25) is 0 Å². The first kappa shape index (κ1) is 18.4. The number of hydrogen-bond acceptors (Lipinski definition) is 3. The molecule has 3 aromatic rings. The van der Waals surface area contributed by atoms with Crippen molar-refractivity contribution in [2.45, 2.75) is 18.7 Å². The molecule has 0 saturated heterocycles. The number of sulfonamides is 1. The highest BCUT2D eigenvalue weighted by molar-refractivity contribution is 7.94. The fraction of sp³-hybridized carbons (Fsp3) is 0.105. The lowest BCUT2D eigenvalue weighted by Crippen LogP contribution is -2.22. The molecule has 0 unspecified atom stereocenters. The van der Waals surface area contributed by atoms with Gasteiger partial charge in [-0.05, 0) is 60.9 Å². The molecule has 2 aromatic carbocycles. The number of benzene rings is 2. The van der Waals surface area contributed by atoms with E-state index in [1.807, 2.05) is 0 Å². The van der Waals surface area contributed by atoms with Gasteiger partial charge in [0.05, 0.1) is 4.90 Å². The van der Waals surface area contributed by atoms with Crippen LogP contribution < -0.4 is 3.82 Å². The lowest BCUT2D eigenvalue weighted by atomic mass is 10.0. The normalized spacial score (nSPS) is 11.4. The van der Waals surface area contributed by atoms with E-state index in [1.54, 1.807) is 44.2 Å². The molecule has 0 N–H and O–H groups in total. The third-order valence-electron chi connectivity index (χ3n) is 4.01. The van der Waals surface area contributed by atoms with Crippen molar-refractivity contribution in [2.75, 3.05) is 3.82 Å². The Hall–Kier alpha value is -2.44. The lowest BCUT2D eigenvalue weighted by molar-refractivity contribution is 0.597. The molecule has 1 heterocycles. The van der Waals surface area contributed by atoms with Gasteiger partial charge in [0.25, 0.3) is 10.0 Å². The molecule has 4 nitrogen and oxygen atoms in total. The first-order valence-corrected chi connectivity index (χ1v) is 9.58. The molecular formula is C19H16ClFN2O2S. The summed E-state index contributed by atoms with van der Waals surface area (Å²) in [5.74, 6) is -0.231. The molecular weight excluding hydrogens is 375 g/mol. The Labute approximate surface area is 157 Å². The molecule has 0 aliphatic carbocycles. The van der Waals surface area contributed by atoms with Crippen LogP contribution >= 0.6 is 11.8 Å². The van der Waals surface area contributed by atoms with Crippen molar-refractivity contribution in [1.29, 1.82) is 0 Å². The quantitative estimate of drug-likeness (QED) is 0.598. The fourth-order valence-electron chi connectivity index (χ4n) is 2.66. The SMILES string of the molecule is Cc1cc(F)ccc1-c1ccc(N(Cl)S(=O)(=O)c2ccccc2C)nc1. The van der Waals surface area contributed by atoms with Crippen molar-refractivity contribution in [3.63, 3.8) is 0 Å². The highest BCUT2D eigenvalue weighted by atomic mass is 35.5. The molecule has 26 heavy (non-hydrogen) atoms. The third kappa shape index (κ3) is 3.43. The van der Waals surface area contributed by atoms with Crippen LogP contribution in [-0.2, 0) is 10.0 Å². The number of aryl methyl sites for hydroxylation is 2. The molecule has 3 rings (SSSR count). The van der Waals surface area contributed by atoms with Gasteiger partial charge >= 0.3 is 0 Å². The van der Waals surface area contributed by atoms with Crippen molar-refractivity contribution in [3.8, 4) is 11.1 Å². The molecule has 0 aliphatic rings. The Balaban J connectivity index is 1.94. The van der Waals surface area contributed by atoms with E-state index in [2.05, 4.69) is 4.98 Å². The second-order valence-electron chi connectivity index (χ2n) is 5.85. The van der Waals surface area contributed by atoms with Crippen molar-refractivity contribution in [2.24, 2.45) is 0 Å². The Kier molecular flexibility index (Phi) is 4.98. The average Bonchev–Trinajstić information content (AvgIpc) is 2.61. The summed E-state index contributed by atoms with van der Waals surface area (Å²) in [5.41, 5.74) is 2.91. The van der Waals surface area contributed by atoms with Crippen LogP contribution in [0.1, 0.15) is 11.1 Å². The number of rotatable bonds is 4. The molecule has 1 aromatic heterocycles. The Morgan fingerprint density at radius 1 is 1.00 bits per heavy atom. The van der Waals surface area contributed by atoms with Crippen LogP contribution in [-0.4, -0.2) is 13.4 Å². The topological polar surface area (TPSA) is 50.3 Å². The predicted molar refractivity (Wildman–Crippen MR) is 101 cm³/mol. The predicted octanol–water partition coefficient (Wildman–Crippen LogP) is 4.85. The van der Waals surface area contributed by atoms with E-state index in [1.165, 1.54) is 30.5 Å². The summed E-state index contributed by atoms with van der Waals surface area (Å²) in [4.78, 5) is 4.28. The van der Waals surface area contributed by atoms with Crippen molar-refractivity contribution in [1.82, 2.24) is 4.98 Å². The minimum Gasteiger partial charge on any atom is -0.236 e. The molecule has 134 valence electrons. The first-order chi connectivity index (χ1) is 12.3. The van der Waals surface area contributed by atoms with E-state index >= 15 is 0 Å². The number of halogens is 2. The van der Waals surface area contributed by atoms with Gasteiger partial charge in [-0.1, -0.05) is 24.3 Å². The molecule has 0 atom stereocenters. The molecule has 0 spiro atoms. The summed E-state index contributed by atoms with van der Waals surface area (Å²) < 4.78 is 39.3. The Bertz CT molecular complexity index is 1050. The second-order valence-corrected chi connectivity index (χ2v) is 8.14. The highest BCUT2D eigenvalue weighted by Gasteiger charge is 2.26. The van der Waals surface area contributed by atoms with Gasteiger partial charge in [-0.3, -0.25) is 0 Å². The minimum atomic E-state index is -3.93. The van der Waals surface area contributed by atoms with E-state index < -0.39 is 10.0 Å². The van der Waals surface area contributed by atoms with Gasteiger partial charge in [-0.15, -0.1) is 0 Å². The molecule has 0 fully saturated rings. The maximum atomic E-state index is 13.3. The van der Waals surface area contributed by atoms with Crippen LogP contribution in [0.25, 0.3) is 11.1 Å². The maximum Gasteiger partial charge on any atom is 0.279 e. The van der Waals surface area contributed by atoms with Crippen LogP contribution in [0.5, 0.6) is 0 Å². The number of anilines is 1. The molecule has 0 radical (unpaired) electrons. The van der Waals surface area contributed by atoms with Gasteiger partial charge in [0.15, 0.2) is 5.82 Å². The van der Waals surface area contributed by atoms with Gasteiger partial charge < -0.3 is 0 Å². The molecule has 0 amide bonds. The smallest absolute Gasteiger partial charge is 0.236 e. The lowest BCUT2D eigenvalue weighted by Gasteiger charge is -2.17. The third-order valence-corrected chi connectivity index (χ3v) is 6.35. The van der Waals surface area contributed by atoms with Crippen LogP contribution in [0.4, 0.5) is 10.2 Å². The van der Waals surface area contributed by atoms with Gasteiger partial charge in [-0.25, -0.2) is 9.37 Å². The standard InChI is InChI=1S/C19H16ClFN2O2S/c1-13-5-3-4-6-18(13)26(24,25)23(20)19-10-7-15(12-22-19)17-9-8-16(21)11-14(17)2/h3-12H,1-2H3. The van der Waals surface area contributed by atoms with E-state index in [4.69, 9.17) is 11.8 Å². The van der Waals surface area contributed by atoms with Gasteiger partial charge in [0.2, 0.25) is 0 Å². The zero-order valence-electron chi connectivity index (χ0n) is 14.1. The summed E-state index contributed by atoms with van der Waals surface area (Å²) in [7, 11) is -3.93. The van der Waals surface area contributed by atoms with Crippen molar-refractivity contribution in [3.05, 3.63) is 77.7 Å². The van der Waals surface area contributed by atoms with Crippen molar-refractivity contribution >= 4 is 27.6 Å². The molecule has 0 aliphatic heterocycles.